The number of carbonyl (C=O) groups is 2. The van der Waals surface area contributed by atoms with E-state index in [1.54, 1.807) is 0 Å². The first kappa shape index (κ1) is 16.8. The van der Waals surface area contributed by atoms with E-state index in [2.05, 4.69) is 10.6 Å². The summed E-state index contributed by atoms with van der Waals surface area (Å²) in [6, 6.07) is 7.78. The lowest BCUT2D eigenvalue weighted by atomic mass is 9.81. The van der Waals surface area contributed by atoms with Gasteiger partial charge in [0.2, 0.25) is 11.8 Å². The first-order valence-electron chi connectivity index (χ1n) is 8.95. The molecule has 0 radical (unpaired) electrons. The number of rotatable bonds is 7. The van der Waals surface area contributed by atoms with E-state index in [0.717, 1.165) is 38.5 Å². The zero-order valence-electron chi connectivity index (χ0n) is 14.3. The fourth-order valence-electron chi connectivity index (χ4n) is 3.46. The van der Waals surface area contributed by atoms with Gasteiger partial charge in [0, 0.05) is 12.5 Å². The Morgan fingerprint density at radius 2 is 1.92 bits per heavy atom. The molecule has 5 nitrogen and oxygen atoms in total. The van der Waals surface area contributed by atoms with Gasteiger partial charge >= 0.3 is 0 Å². The SMILES string of the molecule is CCOc1ccccc1NC(=O)C1(CC(=O)NC2CC2)CCCC1. The Morgan fingerprint density at radius 3 is 2.58 bits per heavy atom. The van der Waals surface area contributed by atoms with Crippen molar-refractivity contribution in [3.8, 4) is 5.75 Å². The molecule has 2 aliphatic carbocycles. The molecule has 0 unspecified atom stereocenters. The number of ether oxygens (including phenoxy) is 1. The summed E-state index contributed by atoms with van der Waals surface area (Å²) in [6.45, 7) is 2.46. The third-order valence-corrected chi connectivity index (χ3v) is 4.92. The van der Waals surface area contributed by atoms with E-state index in [9.17, 15) is 9.59 Å². The van der Waals surface area contributed by atoms with Crippen LogP contribution in [0.3, 0.4) is 0 Å². The average Bonchev–Trinajstić information content (AvgIpc) is 3.24. The summed E-state index contributed by atoms with van der Waals surface area (Å²) in [4.78, 5) is 25.2. The molecular formula is C19H26N2O3. The van der Waals surface area contributed by atoms with Crippen LogP contribution >= 0.6 is 0 Å². The summed E-state index contributed by atoms with van der Waals surface area (Å²) >= 11 is 0. The number of amides is 2. The van der Waals surface area contributed by atoms with Gasteiger partial charge in [0.15, 0.2) is 0 Å². The molecule has 0 bridgehead atoms. The van der Waals surface area contributed by atoms with Crippen LogP contribution in [-0.2, 0) is 9.59 Å². The van der Waals surface area contributed by atoms with Gasteiger partial charge in [0.25, 0.3) is 0 Å². The second-order valence-electron chi connectivity index (χ2n) is 6.89. The van der Waals surface area contributed by atoms with E-state index in [0.29, 0.717) is 24.1 Å². The van der Waals surface area contributed by atoms with Gasteiger partial charge in [0.1, 0.15) is 5.75 Å². The normalized spacial score (nSPS) is 18.9. The van der Waals surface area contributed by atoms with Crippen LogP contribution in [-0.4, -0.2) is 24.5 Å². The predicted octanol–water partition coefficient (Wildman–Crippen LogP) is 3.25. The van der Waals surface area contributed by atoms with E-state index in [1.807, 2.05) is 31.2 Å². The highest BCUT2D eigenvalue weighted by molar-refractivity contribution is 5.99. The lowest BCUT2D eigenvalue weighted by Gasteiger charge is -2.27. The Balaban J connectivity index is 1.71. The molecule has 1 aromatic carbocycles. The van der Waals surface area contributed by atoms with Crippen molar-refractivity contribution in [3.63, 3.8) is 0 Å². The van der Waals surface area contributed by atoms with Gasteiger partial charge in [-0.2, -0.15) is 0 Å². The number of hydrogen-bond acceptors (Lipinski definition) is 3. The molecule has 0 spiro atoms. The zero-order chi connectivity index (χ0) is 17.0. The van der Waals surface area contributed by atoms with Crippen LogP contribution in [0.15, 0.2) is 24.3 Å². The van der Waals surface area contributed by atoms with E-state index in [4.69, 9.17) is 4.74 Å². The van der Waals surface area contributed by atoms with Crippen molar-refractivity contribution >= 4 is 17.5 Å². The minimum absolute atomic E-state index is 0.00708. The Hall–Kier alpha value is -2.04. The topological polar surface area (TPSA) is 67.4 Å². The maximum Gasteiger partial charge on any atom is 0.231 e. The second-order valence-corrected chi connectivity index (χ2v) is 6.89. The Morgan fingerprint density at radius 1 is 1.21 bits per heavy atom. The minimum Gasteiger partial charge on any atom is -0.492 e. The zero-order valence-corrected chi connectivity index (χ0v) is 14.3. The molecule has 0 aromatic heterocycles. The van der Waals surface area contributed by atoms with Crippen molar-refractivity contribution in [2.24, 2.45) is 5.41 Å². The Bertz CT molecular complexity index is 604. The van der Waals surface area contributed by atoms with E-state index in [-0.39, 0.29) is 18.2 Å². The molecule has 24 heavy (non-hydrogen) atoms. The Labute approximate surface area is 143 Å². The van der Waals surface area contributed by atoms with Crippen LogP contribution in [0.5, 0.6) is 5.75 Å². The van der Waals surface area contributed by atoms with Crippen molar-refractivity contribution in [2.45, 2.75) is 57.9 Å². The number of benzene rings is 1. The highest BCUT2D eigenvalue weighted by Gasteiger charge is 2.43. The fraction of sp³-hybridized carbons (Fsp3) is 0.579. The van der Waals surface area contributed by atoms with E-state index >= 15 is 0 Å². The van der Waals surface area contributed by atoms with Crippen LogP contribution in [0.25, 0.3) is 0 Å². The molecular weight excluding hydrogens is 304 g/mol. The van der Waals surface area contributed by atoms with Crippen LogP contribution in [0.2, 0.25) is 0 Å². The van der Waals surface area contributed by atoms with E-state index < -0.39 is 5.41 Å². The average molecular weight is 330 g/mol. The van der Waals surface area contributed by atoms with Crippen LogP contribution in [0, 0.1) is 5.41 Å². The number of carbonyl (C=O) groups excluding carboxylic acids is 2. The molecule has 2 fully saturated rings. The maximum atomic E-state index is 13.0. The fourth-order valence-corrected chi connectivity index (χ4v) is 3.46. The molecule has 0 aliphatic heterocycles. The summed E-state index contributed by atoms with van der Waals surface area (Å²) in [6.07, 6.45) is 5.95. The van der Waals surface area contributed by atoms with Gasteiger partial charge in [-0.05, 0) is 44.7 Å². The number of nitrogens with one attached hydrogen (secondary N) is 2. The second kappa shape index (κ2) is 7.24. The number of anilines is 1. The molecule has 2 saturated carbocycles. The summed E-state index contributed by atoms with van der Waals surface area (Å²) in [7, 11) is 0. The van der Waals surface area contributed by atoms with Crippen molar-refractivity contribution in [2.75, 3.05) is 11.9 Å². The highest BCUT2D eigenvalue weighted by Crippen LogP contribution is 2.43. The lowest BCUT2D eigenvalue weighted by Crippen LogP contribution is -2.39. The first-order valence-corrected chi connectivity index (χ1v) is 8.95. The largest absolute Gasteiger partial charge is 0.492 e. The quantitative estimate of drug-likeness (QED) is 0.806. The summed E-state index contributed by atoms with van der Waals surface area (Å²) in [5, 5.41) is 6.02. The standard InChI is InChI=1S/C19H26N2O3/c1-2-24-16-8-4-3-7-15(16)21-18(23)19(11-5-6-12-19)13-17(22)20-14-9-10-14/h3-4,7-8,14H,2,5-6,9-13H2,1H3,(H,20,22)(H,21,23). The van der Waals surface area contributed by atoms with Gasteiger partial charge in [-0.1, -0.05) is 25.0 Å². The lowest BCUT2D eigenvalue weighted by molar-refractivity contribution is -0.132. The molecule has 2 N–H and O–H groups in total. The van der Waals surface area contributed by atoms with Crippen molar-refractivity contribution in [3.05, 3.63) is 24.3 Å². The van der Waals surface area contributed by atoms with Crippen LogP contribution in [0.1, 0.15) is 51.9 Å². The number of hydrogen-bond donors (Lipinski definition) is 2. The molecule has 2 amide bonds. The smallest absolute Gasteiger partial charge is 0.231 e. The molecule has 2 aliphatic rings. The highest BCUT2D eigenvalue weighted by atomic mass is 16.5. The molecule has 0 heterocycles. The summed E-state index contributed by atoms with van der Waals surface area (Å²) in [5.74, 6) is 0.620. The minimum atomic E-state index is -0.585. The third kappa shape index (κ3) is 3.89. The van der Waals surface area contributed by atoms with E-state index in [1.165, 1.54) is 0 Å². The van der Waals surface area contributed by atoms with Crippen LogP contribution in [0.4, 0.5) is 5.69 Å². The predicted molar refractivity (Wildman–Crippen MR) is 92.9 cm³/mol. The number of para-hydroxylation sites is 2. The van der Waals surface area contributed by atoms with Gasteiger partial charge < -0.3 is 15.4 Å². The van der Waals surface area contributed by atoms with Crippen LogP contribution < -0.4 is 15.4 Å². The summed E-state index contributed by atoms with van der Waals surface area (Å²) < 4.78 is 5.58. The monoisotopic (exact) mass is 330 g/mol. The third-order valence-electron chi connectivity index (χ3n) is 4.92. The Kier molecular flexibility index (Phi) is 5.07. The molecule has 0 atom stereocenters. The molecule has 1 aromatic rings. The van der Waals surface area contributed by atoms with Crippen molar-refractivity contribution < 1.29 is 14.3 Å². The first-order chi connectivity index (χ1) is 11.6. The molecule has 0 saturated heterocycles. The molecule has 3 rings (SSSR count). The van der Waals surface area contributed by atoms with Crippen molar-refractivity contribution in [1.29, 1.82) is 0 Å². The van der Waals surface area contributed by atoms with Gasteiger partial charge in [-0.3, -0.25) is 9.59 Å². The molecule has 5 heteroatoms. The van der Waals surface area contributed by atoms with Gasteiger partial charge in [0.05, 0.1) is 17.7 Å². The van der Waals surface area contributed by atoms with Crippen molar-refractivity contribution in [1.82, 2.24) is 5.32 Å². The molecule has 130 valence electrons. The van der Waals surface area contributed by atoms with Gasteiger partial charge in [-0.15, -0.1) is 0 Å². The summed E-state index contributed by atoms with van der Waals surface area (Å²) in [5.41, 5.74) is 0.0939. The van der Waals surface area contributed by atoms with Gasteiger partial charge in [-0.25, -0.2) is 0 Å². The maximum absolute atomic E-state index is 13.0.